The van der Waals surface area contributed by atoms with E-state index in [0.29, 0.717) is 0 Å². The van der Waals surface area contributed by atoms with Crippen LogP contribution in [0.4, 0.5) is 0 Å². The summed E-state index contributed by atoms with van der Waals surface area (Å²) in [7, 11) is 0. The first-order valence-corrected chi connectivity index (χ1v) is 11.0. The molecule has 0 saturated carbocycles. The molecular weight excluding hydrogens is 360 g/mol. The van der Waals surface area contributed by atoms with Gasteiger partial charge in [0.2, 0.25) is 0 Å². The molecule has 3 rings (SSSR count). The Morgan fingerprint density at radius 3 is 1.00 bits per heavy atom. The Labute approximate surface area is 185 Å². The van der Waals surface area contributed by atoms with Crippen LogP contribution in [0.5, 0.6) is 0 Å². The van der Waals surface area contributed by atoms with Crippen LogP contribution < -0.4 is 0 Å². The van der Waals surface area contributed by atoms with Crippen molar-refractivity contribution in [1.29, 1.82) is 0 Å². The minimum Gasteiger partial charge on any atom is -0.0683 e. The van der Waals surface area contributed by atoms with Gasteiger partial charge in [-0.1, -0.05) is 102 Å². The summed E-state index contributed by atoms with van der Waals surface area (Å²) in [6.45, 7) is 16.2. The van der Waals surface area contributed by atoms with Crippen LogP contribution in [-0.4, -0.2) is 0 Å². The third kappa shape index (κ3) is 9.32. The number of rotatable bonds is 0. The smallest absolute Gasteiger partial charge is 0.0278 e. The molecule has 3 aromatic rings. The van der Waals surface area contributed by atoms with Crippen molar-refractivity contribution in [3.05, 3.63) is 106 Å². The molecule has 0 unspecified atom stereocenters. The molecular formula is C30H36. The Morgan fingerprint density at radius 2 is 0.700 bits per heavy atom. The van der Waals surface area contributed by atoms with Gasteiger partial charge in [0, 0.05) is 22.3 Å². The largest absolute Gasteiger partial charge is 0.0683 e. The molecule has 0 amide bonds. The van der Waals surface area contributed by atoms with Crippen molar-refractivity contribution in [2.75, 3.05) is 0 Å². The summed E-state index contributed by atoms with van der Waals surface area (Å²) >= 11 is 0. The molecule has 0 fully saturated rings. The first-order chi connectivity index (χ1) is 14.7. The van der Waals surface area contributed by atoms with Crippen molar-refractivity contribution in [3.63, 3.8) is 0 Å². The van der Waals surface area contributed by atoms with Gasteiger partial charge in [0.1, 0.15) is 0 Å². The van der Waals surface area contributed by atoms with Crippen LogP contribution in [0.1, 0.15) is 74.9 Å². The molecule has 0 aliphatic carbocycles. The molecule has 0 aromatic heterocycles. The van der Waals surface area contributed by atoms with E-state index in [1.165, 1.54) is 11.1 Å². The highest BCUT2D eigenvalue weighted by atomic mass is 14.0. The molecule has 156 valence electrons. The molecule has 0 heteroatoms. The van der Waals surface area contributed by atoms with Crippen LogP contribution in [0.3, 0.4) is 0 Å². The maximum Gasteiger partial charge on any atom is 0.0278 e. The molecule has 0 atom stereocenters. The van der Waals surface area contributed by atoms with Gasteiger partial charge < -0.3 is 0 Å². The van der Waals surface area contributed by atoms with E-state index in [4.69, 9.17) is 0 Å². The van der Waals surface area contributed by atoms with Crippen molar-refractivity contribution < 1.29 is 0 Å². The van der Waals surface area contributed by atoms with Gasteiger partial charge in [-0.3, -0.25) is 0 Å². The van der Waals surface area contributed by atoms with E-state index in [2.05, 4.69) is 49.7 Å². The molecule has 0 bridgehead atoms. The lowest BCUT2D eigenvalue weighted by Crippen LogP contribution is -1.82. The topological polar surface area (TPSA) is 0 Å². The first-order valence-electron chi connectivity index (χ1n) is 11.0. The summed E-state index contributed by atoms with van der Waals surface area (Å²) in [5, 5.41) is 0. The lowest BCUT2D eigenvalue weighted by molar-refractivity contribution is 1.43. The van der Waals surface area contributed by atoms with E-state index < -0.39 is 0 Å². The average Bonchev–Trinajstić information content (AvgIpc) is 2.83. The monoisotopic (exact) mass is 396 g/mol. The number of aryl methyl sites for hydroxylation is 2. The maximum absolute atomic E-state index is 3.23. The Hall–Kier alpha value is -3.22. The average molecular weight is 397 g/mol. The number of hydrogen-bond donors (Lipinski definition) is 0. The first kappa shape index (κ1) is 26.8. The third-order valence-corrected chi connectivity index (χ3v) is 3.86. The second-order valence-corrected chi connectivity index (χ2v) is 5.71. The van der Waals surface area contributed by atoms with Gasteiger partial charge >= 0.3 is 0 Å². The van der Waals surface area contributed by atoms with Gasteiger partial charge in [-0.05, 0) is 61.4 Å². The van der Waals surface area contributed by atoms with Crippen molar-refractivity contribution in [2.45, 2.75) is 55.4 Å². The fraction of sp³-hybridized carbons (Fsp3) is 0.267. The predicted molar refractivity (Wildman–Crippen MR) is 135 cm³/mol. The van der Waals surface area contributed by atoms with Gasteiger partial charge in [-0.15, -0.1) is 0 Å². The normalized spacial score (nSPS) is 8.13. The van der Waals surface area contributed by atoms with E-state index in [0.717, 1.165) is 22.3 Å². The highest BCUT2D eigenvalue weighted by molar-refractivity contribution is 5.50. The Morgan fingerprint density at radius 1 is 0.400 bits per heavy atom. The highest BCUT2D eigenvalue weighted by Gasteiger charge is 1.93. The Bertz CT molecular complexity index is 886. The SMILES string of the molecule is CC.CC.CC.Cc1ccccc1C#Cc1ccc(C#Cc2ccccc2C)cc1. The molecule has 0 heterocycles. The minimum atomic E-state index is 1.000. The van der Waals surface area contributed by atoms with Crippen molar-refractivity contribution >= 4 is 0 Å². The van der Waals surface area contributed by atoms with Crippen LogP contribution in [-0.2, 0) is 0 Å². The van der Waals surface area contributed by atoms with E-state index in [1.54, 1.807) is 0 Å². The Balaban J connectivity index is 0.00000129. The maximum atomic E-state index is 3.23. The van der Waals surface area contributed by atoms with Crippen molar-refractivity contribution in [3.8, 4) is 23.7 Å². The lowest BCUT2D eigenvalue weighted by Gasteiger charge is -1.96. The van der Waals surface area contributed by atoms with Crippen LogP contribution in [0.15, 0.2) is 72.8 Å². The quantitative estimate of drug-likeness (QED) is 0.336. The van der Waals surface area contributed by atoms with Gasteiger partial charge in [-0.2, -0.15) is 0 Å². The van der Waals surface area contributed by atoms with E-state index in [-0.39, 0.29) is 0 Å². The summed E-state index contributed by atoms with van der Waals surface area (Å²) in [5.41, 5.74) is 6.54. The van der Waals surface area contributed by atoms with Crippen molar-refractivity contribution in [1.82, 2.24) is 0 Å². The molecule has 0 aliphatic heterocycles. The molecule has 0 radical (unpaired) electrons. The number of hydrogen-bond acceptors (Lipinski definition) is 0. The van der Waals surface area contributed by atoms with Crippen LogP contribution in [0.2, 0.25) is 0 Å². The fourth-order valence-electron chi connectivity index (χ4n) is 2.34. The van der Waals surface area contributed by atoms with Gasteiger partial charge in [0.05, 0.1) is 0 Å². The van der Waals surface area contributed by atoms with Crippen LogP contribution in [0.25, 0.3) is 0 Å². The lowest BCUT2D eigenvalue weighted by atomic mass is 10.1. The third-order valence-electron chi connectivity index (χ3n) is 3.86. The zero-order chi connectivity index (χ0) is 22.8. The predicted octanol–water partition coefficient (Wildman–Crippen LogP) is 8.18. The molecule has 0 nitrogen and oxygen atoms in total. The molecule has 3 aromatic carbocycles. The summed E-state index contributed by atoms with van der Waals surface area (Å²) in [4.78, 5) is 0. The number of benzene rings is 3. The molecule has 30 heavy (non-hydrogen) atoms. The Kier molecular flexibility index (Phi) is 14.9. The minimum absolute atomic E-state index is 1.000. The molecule has 0 aliphatic rings. The van der Waals surface area contributed by atoms with E-state index in [9.17, 15) is 0 Å². The van der Waals surface area contributed by atoms with Gasteiger partial charge in [0.25, 0.3) is 0 Å². The second-order valence-electron chi connectivity index (χ2n) is 5.71. The summed E-state index contributed by atoms with van der Waals surface area (Å²) in [6, 6.07) is 24.4. The van der Waals surface area contributed by atoms with Crippen LogP contribution >= 0.6 is 0 Å². The van der Waals surface area contributed by atoms with E-state index in [1.807, 2.05) is 102 Å². The summed E-state index contributed by atoms with van der Waals surface area (Å²) in [6.07, 6.45) is 0. The highest BCUT2D eigenvalue weighted by Crippen LogP contribution is 2.08. The second kappa shape index (κ2) is 16.7. The summed E-state index contributed by atoms with van der Waals surface area (Å²) < 4.78 is 0. The van der Waals surface area contributed by atoms with Crippen LogP contribution in [0, 0.1) is 37.5 Å². The zero-order valence-electron chi connectivity index (χ0n) is 19.9. The standard InChI is InChI=1S/C24H18.3C2H6/c1-19-7-3-5-9-23(19)17-15-21-11-13-22(14-12-21)16-18-24-10-6-4-8-20(24)2;3*1-2/h3-14H,1-2H3;3*1-2H3. The van der Waals surface area contributed by atoms with Gasteiger partial charge in [-0.25, -0.2) is 0 Å². The fourth-order valence-corrected chi connectivity index (χ4v) is 2.34. The summed E-state index contributed by atoms with van der Waals surface area (Å²) in [5.74, 6) is 12.9. The van der Waals surface area contributed by atoms with Gasteiger partial charge in [0.15, 0.2) is 0 Å². The van der Waals surface area contributed by atoms with Crippen molar-refractivity contribution in [2.24, 2.45) is 0 Å². The zero-order valence-corrected chi connectivity index (χ0v) is 19.9. The molecule has 0 N–H and O–H groups in total. The molecule has 0 spiro atoms. The van der Waals surface area contributed by atoms with E-state index >= 15 is 0 Å². The molecule has 0 saturated heterocycles.